The van der Waals surface area contributed by atoms with E-state index in [9.17, 15) is 52.6 Å². The zero-order valence-electron chi connectivity index (χ0n) is 27.7. The number of nitrogens with zero attached hydrogens (tertiary/aromatic N) is 8. The Morgan fingerprint density at radius 1 is 0.673 bits per heavy atom. The van der Waals surface area contributed by atoms with E-state index < -0.39 is 99.7 Å². The molecule has 27 nitrogen and oxygen atoms in total. The van der Waals surface area contributed by atoms with Crippen molar-refractivity contribution in [2.45, 2.75) is 49.7 Å². The molecule has 11 atom stereocenters. The van der Waals surface area contributed by atoms with Crippen molar-refractivity contribution in [2.24, 2.45) is 0 Å². The Morgan fingerprint density at radius 3 is 1.44 bits per heavy atom. The summed E-state index contributed by atoms with van der Waals surface area (Å²) < 4.78 is 95.6. The molecule has 2 radical (unpaired) electrons. The Hall–Kier alpha value is -2.57. The van der Waals surface area contributed by atoms with Gasteiger partial charge in [0.2, 0.25) is 7.57 Å². The number of nitrogens with two attached hydrogens (primary N) is 2. The number of hydrogen-bond acceptors (Lipinski definition) is 21. The number of anilines is 2. The standard InChI is InChI=1S/C22H32BN10O17P5/c23-55(44,49-53(40,41)9-51(36,37)45-3-13-11(34)1-15(47-13)32-7-30-17-19(24)26-5-28-21(17)32)50-54(42,43)10-52(38,39)46-4-14-12(35)2-16(48-14)33-8-31-18-20(25)27-6-29-22(18)33/h5-8,11-16,34-35H,1-4,9-10H2,(H,36,37)(H,38,39)(H,40,41)(H,42,43)(H2,24,26,28)(H2,25,27,29)/t11-,12+,13+,14-,15+,16-,55?. The number of aliphatic hydroxyl groups is 2. The van der Waals surface area contributed by atoms with Crippen LogP contribution in [0.2, 0.25) is 0 Å². The summed E-state index contributed by atoms with van der Waals surface area (Å²) in [5, 5.41) is 20.9. The average Bonchev–Trinajstić information content (AvgIpc) is 3.82. The van der Waals surface area contributed by atoms with Crippen molar-refractivity contribution in [1.82, 2.24) is 39.0 Å². The largest absolute Gasteiger partial charge is 0.390 e. The van der Waals surface area contributed by atoms with Crippen LogP contribution in [0, 0.1) is 0 Å². The molecule has 2 saturated heterocycles. The maximum atomic E-state index is 12.7. The van der Waals surface area contributed by atoms with Crippen LogP contribution in [0.3, 0.4) is 0 Å². The van der Waals surface area contributed by atoms with Crippen LogP contribution in [-0.4, -0.2) is 126 Å². The predicted octanol–water partition coefficient (Wildman–Crippen LogP) is 0.127. The average molecular weight is 874 g/mol. The van der Waals surface area contributed by atoms with E-state index in [4.69, 9.17) is 37.6 Å². The summed E-state index contributed by atoms with van der Waals surface area (Å²) in [7, 11) is -21.9. The highest BCUT2D eigenvalue weighted by Gasteiger charge is 2.45. The summed E-state index contributed by atoms with van der Waals surface area (Å²) in [4.78, 5) is 64.7. The molecule has 0 aliphatic carbocycles. The monoisotopic (exact) mass is 874 g/mol. The molecule has 4 aromatic rings. The normalized spacial score (nSPS) is 28.7. The number of rotatable bonds is 16. The first-order chi connectivity index (χ1) is 25.5. The van der Waals surface area contributed by atoms with Crippen molar-refractivity contribution in [2.75, 3.05) is 36.5 Å². The van der Waals surface area contributed by atoms with Crippen LogP contribution in [0.25, 0.3) is 22.3 Å². The van der Waals surface area contributed by atoms with Gasteiger partial charge in [-0.1, -0.05) is 0 Å². The first-order valence-corrected chi connectivity index (χ1v) is 24.1. The van der Waals surface area contributed by atoms with Crippen LogP contribution in [0.4, 0.5) is 11.6 Å². The van der Waals surface area contributed by atoms with Crippen molar-refractivity contribution in [3.63, 3.8) is 0 Å². The first-order valence-electron chi connectivity index (χ1n) is 15.4. The minimum Gasteiger partial charge on any atom is -0.390 e. The third-order valence-electron chi connectivity index (χ3n) is 7.88. The molecule has 0 amide bonds. The molecule has 0 bridgehead atoms. The van der Waals surface area contributed by atoms with Crippen LogP contribution in [-0.2, 0) is 50.0 Å². The molecule has 55 heavy (non-hydrogen) atoms. The molecule has 0 spiro atoms. The molecule has 10 N–H and O–H groups in total. The highest BCUT2D eigenvalue weighted by atomic mass is 31.3. The Kier molecular flexibility index (Phi) is 12.0. The molecule has 0 saturated carbocycles. The second kappa shape index (κ2) is 15.6. The van der Waals surface area contributed by atoms with Crippen molar-refractivity contribution >= 4 is 79.4 Å². The fourth-order valence-corrected chi connectivity index (χ4v) is 15.2. The maximum Gasteiger partial charge on any atom is 0.346 e. The van der Waals surface area contributed by atoms with E-state index >= 15 is 0 Å². The topological polar surface area (TPSA) is 401 Å². The van der Waals surface area contributed by atoms with Crippen LogP contribution < -0.4 is 11.5 Å². The predicted molar refractivity (Wildman–Crippen MR) is 185 cm³/mol. The van der Waals surface area contributed by atoms with Gasteiger partial charge in [0, 0.05) is 12.8 Å². The highest BCUT2D eigenvalue weighted by Crippen LogP contribution is 2.72. The molecule has 5 unspecified atom stereocenters. The summed E-state index contributed by atoms with van der Waals surface area (Å²) in [5.41, 5.74) is 12.6. The molecule has 2 aliphatic heterocycles. The SMILES string of the molecule is [B]P(=O)(OP(=O)(O)CP(=O)(O)OC[C@@H]1O[C@H](n2cnc3c(N)ncnc32)C[C@H]1O)OP(=O)(O)CP(=O)(O)OC[C@H]1O[C@@H](n2cnc3c(N)ncnc32)C[C@@H]1O. The zero-order chi connectivity index (χ0) is 40.1. The summed E-state index contributed by atoms with van der Waals surface area (Å²) in [5.74, 6) is -3.39. The van der Waals surface area contributed by atoms with E-state index in [1.807, 2.05) is 0 Å². The third kappa shape index (κ3) is 10.1. The van der Waals surface area contributed by atoms with Gasteiger partial charge in [-0.15, -0.1) is 0 Å². The molecule has 2 aliphatic rings. The van der Waals surface area contributed by atoms with Crippen molar-refractivity contribution < 1.29 is 79.8 Å². The second-order valence-electron chi connectivity index (χ2n) is 12.2. The molecule has 2 fully saturated rings. The van der Waals surface area contributed by atoms with Crippen LogP contribution in [0.5, 0.6) is 0 Å². The summed E-state index contributed by atoms with van der Waals surface area (Å²) in [6, 6.07) is 0. The Morgan fingerprint density at radius 2 is 1.05 bits per heavy atom. The van der Waals surface area contributed by atoms with Crippen LogP contribution >= 0.6 is 37.9 Å². The molecular formula is C22H32BN10O17P5. The van der Waals surface area contributed by atoms with E-state index in [0.717, 1.165) is 0 Å². The number of hydrogen-bond donors (Lipinski definition) is 8. The number of aromatic nitrogens is 8. The van der Waals surface area contributed by atoms with Gasteiger partial charge in [0.05, 0.1) is 38.1 Å². The van der Waals surface area contributed by atoms with E-state index in [-0.39, 0.29) is 46.8 Å². The van der Waals surface area contributed by atoms with Crippen molar-refractivity contribution in [3.05, 3.63) is 25.3 Å². The lowest BCUT2D eigenvalue weighted by Crippen LogP contribution is -2.26. The number of imidazole rings is 2. The summed E-state index contributed by atoms with van der Waals surface area (Å²) in [6.45, 7) is -1.62. The summed E-state index contributed by atoms with van der Waals surface area (Å²) >= 11 is 0. The Labute approximate surface area is 309 Å². The number of aliphatic hydroxyl groups excluding tert-OH is 2. The molecule has 6 heterocycles. The molecule has 6 rings (SSSR count). The lowest BCUT2D eigenvalue weighted by atomic mass is 10.2. The van der Waals surface area contributed by atoms with E-state index in [2.05, 4.69) is 38.5 Å². The van der Waals surface area contributed by atoms with E-state index in [1.54, 1.807) is 0 Å². The van der Waals surface area contributed by atoms with Gasteiger partial charge in [-0.05, 0) is 0 Å². The molecular weight excluding hydrogens is 842 g/mol. The fourth-order valence-electron chi connectivity index (χ4n) is 5.57. The van der Waals surface area contributed by atoms with Gasteiger partial charge in [-0.3, -0.25) is 32.0 Å². The van der Waals surface area contributed by atoms with E-state index in [1.165, 1.54) is 34.4 Å². The Balaban J connectivity index is 0.980. The fraction of sp³-hybridized carbons (Fsp3) is 0.545. The lowest BCUT2D eigenvalue weighted by Gasteiger charge is -2.24. The smallest absolute Gasteiger partial charge is 0.346 e. The number of fused-ring (bicyclic) bond motifs is 2. The Bertz CT molecular complexity index is 2160. The van der Waals surface area contributed by atoms with Crippen molar-refractivity contribution in [1.29, 1.82) is 0 Å². The minimum absolute atomic E-state index is 0.0609. The highest BCUT2D eigenvalue weighted by molar-refractivity contribution is 7.89. The molecule has 4 aromatic heterocycles. The van der Waals surface area contributed by atoms with Gasteiger partial charge in [0.25, 0.3) is 7.47 Å². The molecule has 0 aromatic carbocycles. The lowest BCUT2D eigenvalue weighted by molar-refractivity contribution is -0.0395. The summed E-state index contributed by atoms with van der Waals surface area (Å²) in [6.07, 6.45) is -1.94. The van der Waals surface area contributed by atoms with Gasteiger partial charge < -0.3 is 59.8 Å². The van der Waals surface area contributed by atoms with Crippen LogP contribution in [0.1, 0.15) is 25.3 Å². The van der Waals surface area contributed by atoms with Gasteiger partial charge >= 0.3 is 30.4 Å². The van der Waals surface area contributed by atoms with Gasteiger partial charge in [-0.25, -0.2) is 38.5 Å². The zero-order valence-corrected chi connectivity index (χ0v) is 32.2. The van der Waals surface area contributed by atoms with Gasteiger partial charge in [0.15, 0.2) is 34.7 Å². The molecule has 300 valence electrons. The van der Waals surface area contributed by atoms with Crippen LogP contribution in [0.15, 0.2) is 25.3 Å². The van der Waals surface area contributed by atoms with Gasteiger partial charge in [-0.2, -0.15) is 0 Å². The minimum atomic E-state index is -5.61. The third-order valence-corrected chi connectivity index (χ3v) is 18.6. The molecule has 33 heteroatoms. The van der Waals surface area contributed by atoms with Gasteiger partial charge in [0.1, 0.15) is 48.4 Å². The number of ether oxygens (including phenoxy) is 2. The second-order valence-corrected chi connectivity index (χ2v) is 22.4. The maximum absolute atomic E-state index is 12.7. The first kappa shape index (κ1) is 42.1. The quantitative estimate of drug-likeness (QED) is 0.0547. The number of nitrogen functional groups attached to an aromatic ring is 2. The van der Waals surface area contributed by atoms with E-state index in [0.29, 0.717) is 0 Å². The van der Waals surface area contributed by atoms with Crippen molar-refractivity contribution in [3.8, 4) is 0 Å².